The van der Waals surface area contributed by atoms with Crippen molar-refractivity contribution in [2.75, 3.05) is 20.4 Å². The molecule has 0 bridgehead atoms. The van der Waals surface area contributed by atoms with E-state index in [4.69, 9.17) is 9.47 Å². The number of hydrogen-bond acceptors (Lipinski definition) is 5. The van der Waals surface area contributed by atoms with Crippen LogP contribution in [-0.2, 0) is 6.42 Å². The second-order valence-corrected chi connectivity index (χ2v) is 7.02. The van der Waals surface area contributed by atoms with E-state index in [1.54, 1.807) is 7.05 Å². The van der Waals surface area contributed by atoms with Crippen LogP contribution in [-0.4, -0.2) is 41.7 Å². The molecule has 26 heavy (non-hydrogen) atoms. The van der Waals surface area contributed by atoms with Gasteiger partial charge in [-0.2, -0.15) is 5.06 Å². The molecule has 2 aliphatic heterocycles. The van der Waals surface area contributed by atoms with Crippen LogP contribution in [0, 0.1) is 0 Å². The SMILES string of the molecule is CN(O)CC1Cc2c([nH]c3ccccc23)C(c2ccc3c(c2)OCO3)N1. The lowest BCUT2D eigenvalue weighted by Crippen LogP contribution is -2.45. The Hall–Kier alpha value is -2.54. The first-order valence-electron chi connectivity index (χ1n) is 8.84. The van der Waals surface area contributed by atoms with Crippen LogP contribution in [0.25, 0.3) is 10.9 Å². The van der Waals surface area contributed by atoms with Crippen LogP contribution in [0.2, 0.25) is 0 Å². The van der Waals surface area contributed by atoms with Crippen molar-refractivity contribution in [2.24, 2.45) is 0 Å². The number of H-pyrrole nitrogens is 1. The molecule has 0 fully saturated rings. The quantitative estimate of drug-likeness (QED) is 0.633. The van der Waals surface area contributed by atoms with E-state index in [9.17, 15) is 5.21 Å². The van der Waals surface area contributed by atoms with Crippen molar-refractivity contribution in [2.45, 2.75) is 18.5 Å². The average Bonchev–Trinajstić information content (AvgIpc) is 3.24. The number of benzene rings is 2. The first-order valence-corrected chi connectivity index (χ1v) is 8.84. The predicted octanol–water partition coefficient (Wildman–Crippen LogP) is 2.82. The molecule has 0 radical (unpaired) electrons. The molecule has 1 aromatic heterocycles. The van der Waals surface area contributed by atoms with Crippen LogP contribution in [0.1, 0.15) is 22.9 Å². The largest absolute Gasteiger partial charge is 0.454 e. The Morgan fingerprint density at radius 3 is 2.88 bits per heavy atom. The van der Waals surface area contributed by atoms with E-state index in [0.717, 1.165) is 29.0 Å². The van der Waals surface area contributed by atoms with E-state index in [1.165, 1.54) is 21.7 Å². The third-order valence-corrected chi connectivity index (χ3v) is 5.20. The van der Waals surface area contributed by atoms with Crippen LogP contribution in [0.4, 0.5) is 0 Å². The fraction of sp³-hybridized carbons (Fsp3) is 0.300. The maximum atomic E-state index is 9.75. The van der Waals surface area contributed by atoms with Gasteiger partial charge in [0.1, 0.15) is 0 Å². The van der Waals surface area contributed by atoms with E-state index < -0.39 is 0 Å². The highest BCUT2D eigenvalue weighted by Crippen LogP contribution is 2.39. The fourth-order valence-corrected chi connectivity index (χ4v) is 4.10. The summed E-state index contributed by atoms with van der Waals surface area (Å²) in [6, 6.07) is 14.6. The van der Waals surface area contributed by atoms with Gasteiger partial charge in [-0.15, -0.1) is 0 Å². The minimum absolute atomic E-state index is 0.00519. The summed E-state index contributed by atoms with van der Waals surface area (Å²) in [5, 5.41) is 15.9. The molecule has 5 rings (SSSR count). The Morgan fingerprint density at radius 1 is 1.15 bits per heavy atom. The number of nitrogens with one attached hydrogen (secondary N) is 2. The van der Waals surface area contributed by atoms with E-state index in [-0.39, 0.29) is 18.9 Å². The highest BCUT2D eigenvalue weighted by atomic mass is 16.7. The van der Waals surface area contributed by atoms with Crippen LogP contribution in [0.3, 0.4) is 0 Å². The van der Waals surface area contributed by atoms with Gasteiger partial charge in [-0.25, -0.2) is 0 Å². The molecule has 0 aliphatic carbocycles. The molecule has 2 aromatic carbocycles. The molecular weight excluding hydrogens is 330 g/mol. The van der Waals surface area contributed by atoms with Gasteiger partial charge in [0.2, 0.25) is 6.79 Å². The summed E-state index contributed by atoms with van der Waals surface area (Å²) in [6.45, 7) is 0.826. The molecule has 3 aromatic rings. The molecule has 0 amide bonds. The number of aromatic amines is 1. The summed E-state index contributed by atoms with van der Waals surface area (Å²) in [4.78, 5) is 3.60. The van der Waals surface area contributed by atoms with Crippen molar-refractivity contribution >= 4 is 10.9 Å². The van der Waals surface area contributed by atoms with Gasteiger partial charge in [-0.1, -0.05) is 24.3 Å². The Balaban J connectivity index is 1.62. The lowest BCUT2D eigenvalue weighted by Gasteiger charge is -2.33. The summed E-state index contributed by atoms with van der Waals surface area (Å²) < 4.78 is 11.0. The maximum Gasteiger partial charge on any atom is 0.231 e. The third-order valence-electron chi connectivity index (χ3n) is 5.20. The smallest absolute Gasteiger partial charge is 0.231 e. The first kappa shape index (κ1) is 15.7. The molecule has 0 saturated carbocycles. The number of hydroxylamine groups is 2. The minimum Gasteiger partial charge on any atom is -0.454 e. The molecule has 2 aliphatic rings. The van der Waals surface area contributed by atoms with Gasteiger partial charge < -0.3 is 25.0 Å². The Kier molecular flexibility index (Phi) is 3.63. The average molecular weight is 351 g/mol. The molecular formula is C20H21N3O3. The normalized spacial score (nSPS) is 21.3. The third kappa shape index (κ3) is 2.54. The van der Waals surface area contributed by atoms with Crippen molar-refractivity contribution < 1.29 is 14.7 Å². The van der Waals surface area contributed by atoms with Crippen LogP contribution < -0.4 is 14.8 Å². The molecule has 0 spiro atoms. The number of nitrogens with zero attached hydrogens (tertiary/aromatic N) is 1. The number of hydrogen-bond donors (Lipinski definition) is 3. The molecule has 0 saturated heterocycles. The maximum absolute atomic E-state index is 9.75. The standard InChI is InChI=1S/C20H21N3O3/c1-23(24)10-13-9-15-14-4-2-3-5-16(14)22-20(15)19(21-13)12-6-7-17-18(8-12)26-11-25-17/h2-8,13,19,21-22,24H,9-11H2,1H3. The van der Waals surface area contributed by atoms with Crippen molar-refractivity contribution in [1.82, 2.24) is 15.4 Å². The monoisotopic (exact) mass is 351 g/mol. The van der Waals surface area contributed by atoms with E-state index in [0.29, 0.717) is 6.54 Å². The van der Waals surface area contributed by atoms with Gasteiger partial charge in [0.25, 0.3) is 0 Å². The van der Waals surface area contributed by atoms with Crippen molar-refractivity contribution in [3.63, 3.8) is 0 Å². The molecule has 6 heteroatoms. The molecule has 3 N–H and O–H groups in total. The topological polar surface area (TPSA) is 69.8 Å². The molecule has 6 nitrogen and oxygen atoms in total. The van der Waals surface area contributed by atoms with Crippen molar-refractivity contribution in [3.8, 4) is 11.5 Å². The molecule has 2 atom stereocenters. The van der Waals surface area contributed by atoms with Gasteiger partial charge in [-0.05, 0) is 35.7 Å². The van der Waals surface area contributed by atoms with Gasteiger partial charge in [0.05, 0.1) is 6.04 Å². The zero-order valence-electron chi connectivity index (χ0n) is 14.5. The van der Waals surface area contributed by atoms with Gasteiger partial charge in [0, 0.05) is 36.2 Å². The van der Waals surface area contributed by atoms with Crippen LogP contribution in [0.15, 0.2) is 42.5 Å². The number of ether oxygens (including phenoxy) is 2. The lowest BCUT2D eigenvalue weighted by atomic mass is 9.90. The number of likely N-dealkylation sites (N-methyl/N-ethyl adjacent to an activating group) is 1. The fourth-order valence-electron chi connectivity index (χ4n) is 4.10. The highest BCUT2D eigenvalue weighted by Gasteiger charge is 2.31. The number of aromatic nitrogens is 1. The summed E-state index contributed by atoms with van der Waals surface area (Å²) in [5.74, 6) is 1.57. The summed E-state index contributed by atoms with van der Waals surface area (Å²) >= 11 is 0. The highest BCUT2D eigenvalue weighted by molar-refractivity contribution is 5.85. The second kappa shape index (κ2) is 6.02. The summed E-state index contributed by atoms with van der Waals surface area (Å²) in [5.41, 5.74) is 4.76. The van der Waals surface area contributed by atoms with Gasteiger partial charge >= 0.3 is 0 Å². The first-order chi connectivity index (χ1) is 12.7. The van der Waals surface area contributed by atoms with E-state index >= 15 is 0 Å². The Labute approximate surface area is 151 Å². The molecule has 3 heterocycles. The van der Waals surface area contributed by atoms with E-state index in [1.807, 2.05) is 18.2 Å². The number of rotatable bonds is 3. The van der Waals surface area contributed by atoms with Gasteiger partial charge in [-0.3, -0.25) is 0 Å². The lowest BCUT2D eigenvalue weighted by molar-refractivity contribution is -0.0719. The number of fused-ring (bicyclic) bond motifs is 4. The van der Waals surface area contributed by atoms with Crippen LogP contribution in [0.5, 0.6) is 11.5 Å². The van der Waals surface area contributed by atoms with Crippen molar-refractivity contribution in [1.29, 1.82) is 0 Å². The number of para-hydroxylation sites is 1. The summed E-state index contributed by atoms with van der Waals surface area (Å²) in [7, 11) is 1.68. The predicted molar refractivity (Wildman–Crippen MR) is 97.8 cm³/mol. The van der Waals surface area contributed by atoms with Crippen LogP contribution >= 0.6 is 0 Å². The van der Waals surface area contributed by atoms with Crippen molar-refractivity contribution in [3.05, 3.63) is 59.3 Å². The molecule has 134 valence electrons. The zero-order chi connectivity index (χ0) is 17.7. The Morgan fingerprint density at radius 2 is 2.00 bits per heavy atom. The van der Waals surface area contributed by atoms with Gasteiger partial charge in [0.15, 0.2) is 11.5 Å². The second-order valence-electron chi connectivity index (χ2n) is 7.02. The molecule has 2 unspecified atom stereocenters. The summed E-state index contributed by atoms with van der Waals surface area (Å²) in [6.07, 6.45) is 0.866. The Bertz CT molecular complexity index is 966. The zero-order valence-corrected chi connectivity index (χ0v) is 14.5. The van der Waals surface area contributed by atoms with E-state index in [2.05, 4.69) is 34.6 Å². The minimum atomic E-state index is 0.00519.